The zero-order chi connectivity index (χ0) is 14.7. The van der Waals surface area contributed by atoms with Crippen LogP contribution in [0.3, 0.4) is 0 Å². The Labute approximate surface area is 114 Å². The molecular formula is C13H15F2N3O2. The van der Waals surface area contributed by atoms with Gasteiger partial charge in [0.2, 0.25) is 5.91 Å². The largest absolute Gasteiger partial charge is 0.409 e. The molecule has 1 fully saturated rings. The van der Waals surface area contributed by atoms with Gasteiger partial charge in [0.1, 0.15) is 0 Å². The van der Waals surface area contributed by atoms with E-state index < -0.39 is 17.7 Å². The average Bonchev–Trinajstić information content (AvgIpc) is 3.24. The minimum atomic E-state index is -0.995. The molecule has 1 aliphatic rings. The Balaban J connectivity index is 1.98. The fourth-order valence-electron chi connectivity index (χ4n) is 1.98. The quantitative estimate of drug-likeness (QED) is 0.328. The van der Waals surface area contributed by atoms with Gasteiger partial charge in [-0.3, -0.25) is 4.79 Å². The van der Waals surface area contributed by atoms with Crippen LogP contribution in [0.1, 0.15) is 18.4 Å². The molecule has 1 aliphatic carbocycles. The molecule has 0 heterocycles. The van der Waals surface area contributed by atoms with E-state index in [4.69, 9.17) is 10.9 Å². The average molecular weight is 283 g/mol. The molecule has 7 heteroatoms. The summed E-state index contributed by atoms with van der Waals surface area (Å²) in [6.45, 7) is 0. The number of nitrogens with zero attached hydrogens (tertiary/aromatic N) is 1. The number of hydrogen-bond acceptors (Lipinski definition) is 3. The van der Waals surface area contributed by atoms with Gasteiger partial charge in [0.25, 0.3) is 0 Å². The summed E-state index contributed by atoms with van der Waals surface area (Å²) in [5, 5.41) is 14.2. The molecular weight excluding hydrogens is 268 g/mol. The van der Waals surface area contributed by atoms with Gasteiger partial charge in [-0.2, -0.15) is 0 Å². The summed E-state index contributed by atoms with van der Waals surface area (Å²) < 4.78 is 25.8. The van der Waals surface area contributed by atoms with E-state index in [1.807, 2.05) is 0 Å². The highest BCUT2D eigenvalue weighted by atomic mass is 19.2. The Morgan fingerprint density at radius 2 is 2.15 bits per heavy atom. The highest BCUT2D eigenvalue weighted by Crippen LogP contribution is 2.32. The summed E-state index contributed by atoms with van der Waals surface area (Å²) in [6.07, 6.45) is 1.69. The highest BCUT2D eigenvalue weighted by Gasteiger charge is 2.35. The van der Waals surface area contributed by atoms with E-state index >= 15 is 0 Å². The Bertz CT molecular complexity index is 544. The van der Waals surface area contributed by atoms with Crippen LogP contribution in [0, 0.1) is 17.6 Å². The van der Waals surface area contributed by atoms with Crippen LogP contribution in [0.25, 0.3) is 0 Å². The minimum absolute atomic E-state index is 0.0499. The van der Waals surface area contributed by atoms with Crippen molar-refractivity contribution in [3.63, 3.8) is 0 Å². The van der Waals surface area contributed by atoms with Gasteiger partial charge in [0.05, 0.1) is 12.5 Å². The normalized spacial score (nSPS) is 16.8. The fraction of sp³-hybridized carbons (Fsp3) is 0.385. The number of amidine groups is 1. The molecule has 0 aromatic heterocycles. The molecule has 1 aromatic carbocycles. The Hall–Kier alpha value is -2.18. The lowest BCUT2D eigenvalue weighted by atomic mass is 10.1. The number of carbonyl (C=O) groups is 1. The maximum atomic E-state index is 13.0. The van der Waals surface area contributed by atoms with Crippen molar-refractivity contribution in [3.05, 3.63) is 35.4 Å². The number of benzene rings is 1. The number of carbonyl (C=O) groups excluding carboxylic acids is 1. The molecule has 0 spiro atoms. The standard InChI is InChI=1S/C13H15F2N3O2/c14-9-4-1-7(5-10(9)15)6-11(19)17-12(8-2-3-8)13(16)18-20/h1,4-5,8,12,20H,2-3,6H2,(H2,16,18)(H,17,19). The van der Waals surface area contributed by atoms with Crippen molar-refractivity contribution < 1.29 is 18.8 Å². The van der Waals surface area contributed by atoms with Crippen LogP contribution >= 0.6 is 0 Å². The maximum absolute atomic E-state index is 13.0. The van der Waals surface area contributed by atoms with E-state index in [0.717, 1.165) is 25.0 Å². The molecule has 108 valence electrons. The predicted molar refractivity (Wildman–Crippen MR) is 68.1 cm³/mol. The van der Waals surface area contributed by atoms with Gasteiger partial charge in [-0.05, 0) is 36.5 Å². The third-order valence-electron chi connectivity index (χ3n) is 3.19. The van der Waals surface area contributed by atoms with Crippen molar-refractivity contribution in [2.45, 2.75) is 25.3 Å². The molecule has 0 saturated heterocycles. The lowest BCUT2D eigenvalue weighted by molar-refractivity contribution is -0.120. The second-order valence-electron chi connectivity index (χ2n) is 4.83. The molecule has 1 unspecified atom stereocenters. The van der Waals surface area contributed by atoms with Crippen LogP contribution in [-0.2, 0) is 11.2 Å². The number of nitrogens with one attached hydrogen (secondary N) is 1. The molecule has 0 aliphatic heterocycles. The fourth-order valence-corrected chi connectivity index (χ4v) is 1.98. The van der Waals surface area contributed by atoms with E-state index in [-0.39, 0.29) is 24.1 Å². The first kappa shape index (κ1) is 14.2. The van der Waals surface area contributed by atoms with Crippen molar-refractivity contribution in [2.24, 2.45) is 16.8 Å². The number of nitrogens with two attached hydrogens (primary N) is 1. The molecule has 1 saturated carbocycles. The van der Waals surface area contributed by atoms with Gasteiger partial charge >= 0.3 is 0 Å². The number of amides is 1. The number of rotatable bonds is 5. The molecule has 1 aromatic rings. The van der Waals surface area contributed by atoms with Gasteiger partial charge in [-0.25, -0.2) is 8.78 Å². The van der Waals surface area contributed by atoms with Gasteiger partial charge in [0.15, 0.2) is 17.5 Å². The zero-order valence-electron chi connectivity index (χ0n) is 10.6. The number of halogens is 2. The van der Waals surface area contributed by atoms with Crippen molar-refractivity contribution in [2.75, 3.05) is 0 Å². The van der Waals surface area contributed by atoms with E-state index in [1.165, 1.54) is 6.07 Å². The first-order chi connectivity index (χ1) is 9.51. The predicted octanol–water partition coefficient (Wildman–Crippen LogP) is 1.15. The summed E-state index contributed by atoms with van der Waals surface area (Å²) in [5.41, 5.74) is 5.88. The lowest BCUT2D eigenvalue weighted by Gasteiger charge is -2.16. The van der Waals surface area contributed by atoms with Crippen LogP contribution in [-0.4, -0.2) is 23.0 Å². The van der Waals surface area contributed by atoms with Gasteiger partial charge in [-0.15, -0.1) is 0 Å². The molecule has 4 N–H and O–H groups in total. The Morgan fingerprint density at radius 3 is 2.70 bits per heavy atom. The molecule has 0 radical (unpaired) electrons. The van der Waals surface area contributed by atoms with Gasteiger partial charge < -0.3 is 16.3 Å². The summed E-state index contributed by atoms with van der Waals surface area (Å²) in [4.78, 5) is 11.9. The van der Waals surface area contributed by atoms with Crippen LogP contribution < -0.4 is 11.1 Å². The monoisotopic (exact) mass is 283 g/mol. The first-order valence-corrected chi connectivity index (χ1v) is 6.22. The van der Waals surface area contributed by atoms with Crippen molar-refractivity contribution in [3.8, 4) is 0 Å². The maximum Gasteiger partial charge on any atom is 0.225 e. The van der Waals surface area contributed by atoms with Gasteiger partial charge in [0, 0.05) is 0 Å². The Kier molecular flexibility index (Phi) is 4.16. The van der Waals surface area contributed by atoms with Crippen molar-refractivity contribution in [1.82, 2.24) is 5.32 Å². The Morgan fingerprint density at radius 1 is 1.45 bits per heavy atom. The zero-order valence-corrected chi connectivity index (χ0v) is 10.6. The molecule has 1 amide bonds. The van der Waals surface area contributed by atoms with Gasteiger partial charge in [-0.1, -0.05) is 11.2 Å². The van der Waals surface area contributed by atoms with E-state index in [1.54, 1.807) is 0 Å². The third-order valence-corrected chi connectivity index (χ3v) is 3.19. The van der Waals surface area contributed by atoms with Crippen LogP contribution in [0.4, 0.5) is 8.78 Å². The van der Waals surface area contributed by atoms with E-state index in [2.05, 4.69) is 10.5 Å². The summed E-state index contributed by atoms with van der Waals surface area (Å²) >= 11 is 0. The molecule has 0 bridgehead atoms. The van der Waals surface area contributed by atoms with Crippen LogP contribution in [0.15, 0.2) is 23.4 Å². The molecule has 1 atom stereocenters. The van der Waals surface area contributed by atoms with E-state index in [9.17, 15) is 13.6 Å². The smallest absolute Gasteiger partial charge is 0.225 e. The minimum Gasteiger partial charge on any atom is -0.409 e. The van der Waals surface area contributed by atoms with E-state index in [0.29, 0.717) is 5.56 Å². The number of oxime groups is 1. The summed E-state index contributed by atoms with van der Waals surface area (Å²) in [6, 6.07) is 2.77. The third kappa shape index (κ3) is 3.43. The topological polar surface area (TPSA) is 87.7 Å². The molecule has 2 rings (SSSR count). The van der Waals surface area contributed by atoms with Crippen molar-refractivity contribution >= 4 is 11.7 Å². The second kappa shape index (κ2) is 5.85. The highest BCUT2D eigenvalue weighted by molar-refractivity contribution is 5.91. The first-order valence-electron chi connectivity index (χ1n) is 6.22. The van der Waals surface area contributed by atoms with Crippen LogP contribution in [0.2, 0.25) is 0 Å². The SMILES string of the molecule is N/C(=N/O)C(NC(=O)Cc1ccc(F)c(F)c1)C1CC1. The lowest BCUT2D eigenvalue weighted by Crippen LogP contribution is -2.46. The summed E-state index contributed by atoms with van der Waals surface area (Å²) in [5.74, 6) is -2.22. The molecule has 20 heavy (non-hydrogen) atoms. The molecule has 5 nitrogen and oxygen atoms in total. The summed E-state index contributed by atoms with van der Waals surface area (Å²) in [7, 11) is 0. The second-order valence-corrected chi connectivity index (χ2v) is 4.83. The van der Waals surface area contributed by atoms with Crippen molar-refractivity contribution in [1.29, 1.82) is 0 Å². The van der Waals surface area contributed by atoms with Crippen LogP contribution in [0.5, 0.6) is 0 Å². The number of hydrogen-bond donors (Lipinski definition) is 3.